The van der Waals surface area contributed by atoms with Crippen LogP contribution in [0.25, 0.3) is 0 Å². The van der Waals surface area contributed by atoms with Crippen molar-refractivity contribution in [3.63, 3.8) is 0 Å². The number of hydrogen-bond acceptors (Lipinski definition) is 3. The largest absolute Gasteiger partial charge is 0.373 e. The summed E-state index contributed by atoms with van der Waals surface area (Å²) in [6, 6.07) is -0.160. The Hall–Kier alpha value is -1.07. The number of urea groups is 1. The van der Waals surface area contributed by atoms with E-state index in [9.17, 15) is 4.79 Å². The van der Waals surface area contributed by atoms with Crippen molar-refractivity contribution in [2.45, 2.75) is 26.1 Å². The highest BCUT2D eigenvalue weighted by atomic mass is 16.5. The zero-order chi connectivity index (χ0) is 12.0. The Bertz CT molecular complexity index is 235. The van der Waals surface area contributed by atoms with E-state index in [0.29, 0.717) is 13.2 Å². The molecule has 0 saturated carbocycles. The average Bonchev–Trinajstić information content (AvgIpc) is 2.22. The Morgan fingerprint density at radius 2 is 2.06 bits per heavy atom. The molecular weight excluding hydrogens is 206 g/mol. The van der Waals surface area contributed by atoms with E-state index in [4.69, 9.17) is 4.74 Å². The molecule has 0 unspecified atom stereocenters. The van der Waals surface area contributed by atoms with Crippen LogP contribution in [0.2, 0.25) is 0 Å². The molecule has 0 aromatic rings. The van der Waals surface area contributed by atoms with Crippen molar-refractivity contribution in [3.8, 4) is 0 Å². The summed E-state index contributed by atoms with van der Waals surface area (Å²) in [6.07, 6.45) is 2.10. The second kappa shape index (κ2) is 6.50. The lowest BCUT2D eigenvalue weighted by atomic mass is 10.2. The second-order valence-corrected chi connectivity index (χ2v) is 4.13. The smallest absolute Gasteiger partial charge is 0.316 e. The third-order valence-corrected chi connectivity index (χ3v) is 2.37. The van der Waals surface area contributed by atoms with Crippen LogP contribution in [0.15, 0.2) is 12.7 Å². The van der Waals surface area contributed by atoms with Gasteiger partial charge in [0.1, 0.15) is 0 Å². The molecule has 1 saturated heterocycles. The number of amides is 2. The highest BCUT2D eigenvalue weighted by molar-refractivity contribution is 5.73. The first-order valence-electron chi connectivity index (χ1n) is 5.62. The van der Waals surface area contributed by atoms with Gasteiger partial charge in [-0.2, -0.15) is 0 Å². The van der Waals surface area contributed by atoms with Gasteiger partial charge in [0.25, 0.3) is 0 Å². The van der Waals surface area contributed by atoms with Crippen LogP contribution < -0.4 is 10.6 Å². The summed E-state index contributed by atoms with van der Waals surface area (Å²) < 4.78 is 5.60. The van der Waals surface area contributed by atoms with Gasteiger partial charge in [0.05, 0.1) is 18.9 Å². The van der Waals surface area contributed by atoms with E-state index in [2.05, 4.69) is 22.1 Å². The van der Waals surface area contributed by atoms with Gasteiger partial charge in [-0.25, -0.2) is 4.79 Å². The van der Waals surface area contributed by atoms with Crippen molar-refractivity contribution in [2.75, 3.05) is 26.3 Å². The van der Waals surface area contributed by atoms with Gasteiger partial charge >= 0.3 is 6.03 Å². The maximum absolute atomic E-state index is 11.3. The highest BCUT2D eigenvalue weighted by Crippen LogP contribution is 2.08. The van der Waals surface area contributed by atoms with Crippen molar-refractivity contribution in [2.24, 2.45) is 0 Å². The number of ether oxygens (including phenoxy) is 1. The van der Waals surface area contributed by atoms with E-state index < -0.39 is 0 Å². The monoisotopic (exact) mass is 227 g/mol. The summed E-state index contributed by atoms with van der Waals surface area (Å²) in [5.41, 5.74) is 0. The third-order valence-electron chi connectivity index (χ3n) is 2.37. The number of carbonyl (C=O) groups excluding carboxylic acids is 1. The fraction of sp³-hybridized carbons (Fsp3) is 0.727. The fourth-order valence-electron chi connectivity index (χ4n) is 1.82. The van der Waals surface area contributed by atoms with Gasteiger partial charge in [-0.05, 0) is 13.8 Å². The molecule has 2 N–H and O–H groups in total. The molecule has 1 aliphatic heterocycles. The molecule has 0 aromatic carbocycles. The predicted molar refractivity (Wildman–Crippen MR) is 63.2 cm³/mol. The lowest BCUT2D eigenvalue weighted by Crippen LogP contribution is -2.51. The van der Waals surface area contributed by atoms with E-state index >= 15 is 0 Å². The van der Waals surface area contributed by atoms with Gasteiger partial charge in [0, 0.05) is 19.6 Å². The number of morpholine rings is 1. The minimum Gasteiger partial charge on any atom is -0.373 e. The van der Waals surface area contributed by atoms with E-state index in [-0.39, 0.29) is 18.2 Å². The molecule has 0 bridgehead atoms. The summed E-state index contributed by atoms with van der Waals surface area (Å²) >= 11 is 0. The van der Waals surface area contributed by atoms with Gasteiger partial charge in [0.2, 0.25) is 0 Å². The van der Waals surface area contributed by atoms with Crippen LogP contribution >= 0.6 is 0 Å². The SMILES string of the molecule is C=CCNC(=O)NCN1C[C@@H](C)O[C@H](C)C1. The minimum absolute atomic E-state index is 0.160. The summed E-state index contributed by atoms with van der Waals surface area (Å²) in [5, 5.41) is 5.47. The first-order valence-corrected chi connectivity index (χ1v) is 5.62. The number of nitrogens with zero attached hydrogens (tertiary/aromatic N) is 1. The van der Waals surface area contributed by atoms with Gasteiger partial charge in [-0.3, -0.25) is 4.90 Å². The van der Waals surface area contributed by atoms with Crippen LogP contribution in [0.5, 0.6) is 0 Å². The number of rotatable bonds is 4. The fourth-order valence-corrected chi connectivity index (χ4v) is 1.82. The van der Waals surface area contributed by atoms with Crippen molar-refractivity contribution < 1.29 is 9.53 Å². The molecule has 2 amide bonds. The summed E-state index contributed by atoms with van der Waals surface area (Å²) in [4.78, 5) is 13.5. The van der Waals surface area contributed by atoms with E-state index in [1.165, 1.54) is 0 Å². The molecule has 0 aromatic heterocycles. The summed E-state index contributed by atoms with van der Waals surface area (Å²) in [7, 11) is 0. The lowest BCUT2D eigenvalue weighted by molar-refractivity contribution is -0.0689. The molecule has 0 aliphatic carbocycles. The summed E-state index contributed by atoms with van der Waals surface area (Å²) in [6.45, 7) is 10.4. The maximum atomic E-state index is 11.3. The molecule has 5 heteroatoms. The highest BCUT2D eigenvalue weighted by Gasteiger charge is 2.21. The Morgan fingerprint density at radius 1 is 1.44 bits per heavy atom. The van der Waals surface area contributed by atoms with Gasteiger partial charge < -0.3 is 15.4 Å². The second-order valence-electron chi connectivity index (χ2n) is 4.13. The Morgan fingerprint density at radius 3 is 2.62 bits per heavy atom. The van der Waals surface area contributed by atoms with E-state index in [1.54, 1.807) is 6.08 Å². The van der Waals surface area contributed by atoms with Crippen molar-refractivity contribution in [1.82, 2.24) is 15.5 Å². The molecule has 5 nitrogen and oxygen atoms in total. The molecule has 1 fully saturated rings. The molecule has 1 rings (SSSR count). The summed E-state index contributed by atoms with van der Waals surface area (Å²) in [5.74, 6) is 0. The average molecular weight is 227 g/mol. The number of hydrogen-bond donors (Lipinski definition) is 2. The molecule has 1 heterocycles. The predicted octanol–water partition coefficient (Wildman–Crippen LogP) is 0.538. The normalized spacial score (nSPS) is 26.1. The van der Waals surface area contributed by atoms with Crippen molar-refractivity contribution >= 4 is 6.03 Å². The van der Waals surface area contributed by atoms with Crippen LogP contribution in [0, 0.1) is 0 Å². The lowest BCUT2D eigenvalue weighted by Gasteiger charge is -2.35. The number of carbonyl (C=O) groups is 1. The Balaban J connectivity index is 2.21. The van der Waals surface area contributed by atoms with Crippen molar-refractivity contribution in [1.29, 1.82) is 0 Å². The van der Waals surface area contributed by atoms with E-state index in [1.807, 2.05) is 13.8 Å². The molecule has 92 valence electrons. The number of nitrogens with one attached hydrogen (secondary N) is 2. The first kappa shape index (κ1) is 13.0. The molecule has 0 radical (unpaired) electrons. The van der Waals surface area contributed by atoms with Crippen LogP contribution in [-0.2, 0) is 4.74 Å². The van der Waals surface area contributed by atoms with E-state index in [0.717, 1.165) is 13.1 Å². The van der Waals surface area contributed by atoms with Crippen LogP contribution in [0.4, 0.5) is 4.79 Å². The first-order chi connectivity index (χ1) is 7.61. The van der Waals surface area contributed by atoms with Gasteiger partial charge in [0.15, 0.2) is 0 Å². The molecule has 1 aliphatic rings. The standard InChI is InChI=1S/C11H21N3O2/c1-4-5-12-11(15)13-8-14-6-9(2)16-10(3)7-14/h4,9-10H,1,5-8H2,2-3H3,(H2,12,13,15)/t9-,10-/m1/s1. The van der Waals surface area contributed by atoms with Crippen molar-refractivity contribution in [3.05, 3.63) is 12.7 Å². The minimum atomic E-state index is -0.160. The Labute approximate surface area is 96.8 Å². The Kier molecular flexibility index (Phi) is 5.28. The zero-order valence-electron chi connectivity index (χ0n) is 10.0. The van der Waals surface area contributed by atoms with Crippen LogP contribution in [0.3, 0.4) is 0 Å². The van der Waals surface area contributed by atoms with Gasteiger partial charge in [-0.15, -0.1) is 6.58 Å². The van der Waals surface area contributed by atoms with Crippen LogP contribution in [-0.4, -0.2) is 49.4 Å². The quantitative estimate of drug-likeness (QED) is 0.689. The zero-order valence-corrected chi connectivity index (χ0v) is 10.0. The molecule has 0 spiro atoms. The molecule has 2 atom stereocenters. The maximum Gasteiger partial charge on any atom is 0.316 e. The van der Waals surface area contributed by atoms with Gasteiger partial charge in [-0.1, -0.05) is 6.08 Å². The topological polar surface area (TPSA) is 53.6 Å². The molecular formula is C11H21N3O2. The van der Waals surface area contributed by atoms with Crippen LogP contribution in [0.1, 0.15) is 13.8 Å². The third kappa shape index (κ3) is 4.63. The molecule has 16 heavy (non-hydrogen) atoms.